The Morgan fingerprint density at radius 2 is 2.00 bits per heavy atom. The van der Waals surface area contributed by atoms with Gasteiger partial charge in [0.15, 0.2) is 0 Å². The average molecular weight is 232 g/mol. The molecule has 0 fully saturated rings. The van der Waals surface area contributed by atoms with Crippen LogP contribution >= 0.6 is 0 Å². The van der Waals surface area contributed by atoms with Gasteiger partial charge in [-0.25, -0.2) is 0 Å². The Hall–Kier alpha value is -1.02. The van der Waals surface area contributed by atoms with E-state index in [2.05, 4.69) is 57.8 Å². The number of hydrogen-bond acceptors (Lipinski definition) is 2. The van der Waals surface area contributed by atoms with Crippen LogP contribution in [0.2, 0.25) is 0 Å². The van der Waals surface area contributed by atoms with Gasteiger partial charge in [0.05, 0.1) is 0 Å². The number of nitrogens with zero attached hydrogens (tertiary/aromatic N) is 1. The van der Waals surface area contributed by atoms with Gasteiger partial charge in [0.25, 0.3) is 0 Å². The van der Waals surface area contributed by atoms with Crippen LogP contribution in [0.3, 0.4) is 0 Å². The molecule has 94 valence electrons. The van der Waals surface area contributed by atoms with Crippen LogP contribution in [0.25, 0.3) is 0 Å². The van der Waals surface area contributed by atoms with Crippen LogP contribution in [0.1, 0.15) is 44.7 Å². The van der Waals surface area contributed by atoms with Crippen molar-refractivity contribution in [2.24, 2.45) is 5.73 Å². The Kier molecular flexibility index (Phi) is 2.94. The fourth-order valence-corrected chi connectivity index (χ4v) is 2.61. The number of nitrogens with two attached hydrogens (primary N) is 1. The molecule has 0 aliphatic carbocycles. The number of hydrogen-bond donors (Lipinski definition) is 1. The molecule has 0 spiro atoms. The molecule has 0 amide bonds. The van der Waals surface area contributed by atoms with Gasteiger partial charge in [-0.1, -0.05) is 32.9 Å². The summed E-state index contributed by atoms with van der Waals surface area (Å²) in [7, 11) is 2.15. The molecule has 2 heteroatoms. The first kappa shape index (κ1) is 12.4. The van der Waals surface area contributed by atoms with Gasteiger partial charge in [-0.05, 0) is 29.5 Å². The SMILES string of the molecule is CC(N)C1CN(C)c2ccc(C(C)(C)C)cc21. The largest absolute Gasteiger partial charge is 0.374 e. The number of rotatable bonds is 1. The normalized spacial score (nSPS) is 21.5. The van der Waals surface area contributed by atoms with Crippen LogP contribution in [0, 0.1) is 0 Å². The molecule has 1 aliphatic rings. The molecule has 0 radical (unpaired) electrons. The Bertz CT molecular complexity index is 415. The van der Waals surface area contributed by atoms with Crippen LogP contribution in [-0.2, 0) is 5.41 Å². The molecule has 2 unspecified atom stereocenters. The van der Waals surface area contributed by atoms with Gasteiger partial charge >= 0.3 is 0 Å². The molecule has 17 heavy (non-hydrogen) atoms. The van der Waals surface area contributed by atoms with Crippen LogP contribution in [0.15, 0.2) is 18.2 Å². The smallest absolute Gasteiger partial charge is 0.0400 e. The molecule has 1 aliphatic heterocycles. The summed E-state index contributed by atoms with van der Waals surface area (Å²) >= 11 is 0. The van der Waals surface area contributed by atoms with E-state index in [-0.39, 0.29) is 11.5 Å². The van der Waals surface area contributed by atoms with Crippen LogP contribution < -0.4 is 10.6 Å². The van der Waals surface area contributed by atoms with Gasteiger partial charge < -0.3 is 10.6 Å². The molecule has 1 heterocycles. The van der Waals surface area contributed by atoms with Crippen molar-refractivity contribution in [3.63, 3.8) is 0 Å². The van der Waals surface area contributed by atoms with Crippen molar-refractivity contribution < 1.29 is 0 Å². The van der Waals surface area contributed by atoms with E-state index in [0.717, 1.165) is 6.54 Å². The molecule has 0 aromatic heterocycles. The van der Waals surface area contributed by atoms with Crippen molar-refractivity contribution >= 4 is 5.69 Å². The molecule has 2 N–H and O–H groups in total. The minimum Gasteiger partial charge on any atom is -0.374 e. The Morgan fingerprint density at radius 3 is 2.53 bits per heavy atom. The summed E-state index contributed by atoms with van der Waals surface area (Å²) in [5.74, 6) is 0.470. The second kappa shape index (κ2) is 4.02. The van der Waals surface area contributed by atoms with Crippen molar-refractivity contribution in [2.75, 3.05) is 18.5 Å². The van der Waals surface area contributed by atoms with Gasteiger partial charge in [-0.3, -0.25) is 0 Å². The van der Waals surface area contributed by atoms with Crippen molar-refractivity contribution in [3.05, 3.63) is 29.3 Å². The fraction of sp³-hybridized carbons (Fsp3) is 0.600. The topological polar surface area (TPSA) is 29.3 Å². The molecule has 1 aromatic rings. The number of benzene rings is 1. The molecular formula is C15H24N2. The molecule has 0 saturated heterocycles. The zero-order valence-electron chi connectivity index (χ0n) is 11.6. The second-order valence-corrected chi connectivity index (χ2v) is 6.37. The lowest BCUT2D eigenvalue weighted by Gasteiger charge is -2.22. The average Bonchev–Trinajstić information content (AvgIpc) is 2.54. The predicted molar refractivity (Wildman–Crippen MR) is 74.8 cm³/mol. The van der Waals surface area contributed by atoms with Crippen LogP contribution in [-0.4, -0.2) is 19.6 Å². The standard InChI is InChI=1S/C15H24N2/c1-10(16)13-9-17(5)14-7-6-11(8-12(13)14)15(2,3)4/h6-8,10,13H,9,16H2,1-5H3. The number of anilines is 1. The first-order valence-electron chi connectivity index (χ1n) is 6.42. The third-order valence-electron chi connectivity index (χ3n) is 3.81. The third-order valence-corrected chi connectivity index (χ3v) is 3.81. The van der Waals surface area contributed by atoms with Crippen molar-refractivity contribution in [1.29, 1.82) is 0 Å². The first-order chi connectivity index (χ1) is 7.80. The summed E-state index contributed by atoms with van der Waals surface area (Å²) in [5, 5.41) is 0. The predicted octanol–water partition coefficient (Wildman–Crippen LogP) is 2.86. The lowest BCUT2D eigenvalue weighted by molar-refractivity contribution is 0.578. The van der Waals surface area contributed by atoms with E-state index in [4.69, 9.17) is 5.73 Å². The van der Waals surface area contributed by atoms with Crippen molar-refractivity contribution in [2.45, 2.75) is 45.1 Å². The van der Waals surface area contributed by atoms with Gasteiger partial charge in [-0.2, -0.15) is 0 Å². The minimum absolute atomic E-state index is 0.207. The Balaban J connectivity index is 2.47. The zero-order chi connectivity index (χ0) is 12.8. The fourth-order valence-electron chi connectivity index (χ4n) is 2.61. The van der Waals surface area contributed by atoms with E-state index in [1.165, 1.54) is 16.8 Å². The summed E-state index contributed by atoms with van der Waals surface area (Å²) in [6.45, 7) is 9.93. The van der Waals surface area contributed by atoms with Gasteiger partial charge in [0.1, 0.15) is 0 Å². The molecule has 2 rings (SSSR count). The Labute approximate surface area is 105 Å². The second-order valence-electron chi connectivity index (χ2n) is 6.37. The highest BCUT2D eigenvalue weighted by molar-refractivity contribution is 5.61. The third kappa shape index (κ3) is 2.19. The lowest BCUT2D eigenvalue weighted by atomic mass is 9.84. The van der Waals surface area contributed by atoms with Crippen molar-refractivity contribution in [1.82, 2.24) is 0 Å². The summed E-state index contributed by atoms with van der Waals surface area (Å²) in [6.07, 6.45) is 0. The summed E-state index contributed by atoms with van der Waals surface area (Å²) in [5.41, 5.74) is 10.5. The molecule has 2 atom stereocenters. The van der Waals surface area contributed by atoms with E-state index in [1.54, 1.807) is 0 Å². The maximum Gasteiger partial charge on any atom is 0.0400 e. The van der Waals surface area contributed by atoms with E-state index < -0.39 is 0 Å². The van der Waals surface area contributed by atoms with Gasteiger partial charge in [0, 0.05) is 31.2 Å². The number of likely N-dealkylation sites (N-methyl/N-ethyl adjacent to an activating group) is 1. The summed E-state index contributed by atoms with van der Waals surface area (Å²) in [4.78, 5) is 2.32. The minimum atomic E-state index is 0.207. The molecule has 2 nitrogen and oxygen atoms in total. The lowest BCUT2D eigenvalue weighted by Crippen LogP contribution is -2.28. The maximum atomic E-state index is 6.11. The van der Waals surface area contributed by atoms with Gasteiger partial charge in [0.2, 0.25) is 0 Å². The Morgan fingerprint density at radius 1 is 1.35 bits per heavy atom. The maximum absolute atomic E-state index is 6.11. The molecular weight excluding hydrogens is 208 g/mol. The summed E-state index contributed by atoms with van der Waals surface area (Å²) in [6, 6.07) is 7.07. The van der Waals surface area contributed by atoms with Crippen LogP contribution in [0.4, 0.5) is 5.69 Å². The molecule has 0 saturated carbocycles. The first-order valence-corrected chi connectivity index (χ1v) is 6.42. The van der Waals surface area contributed by atoms with E-state index in [9.17, 15) is 0 Å². The van der Waals surface area contributed by atoms with E-state index in [0.29, 0.717) is 5.92 Å². The van der Waals surface area contributed by atoms with Crippen molar-refractivity contribution in [3.8, 4) is 0 Å². The monoisotopic (exact) mass is 232 g/mol. The highest BCUT2D eigenvalue weighted by Crippen LogP contribution is 2.39. The molecule has 0 bridgehead atoms. The highest BCUT2D eigenvalue weighted by Gasteiger charge is 2.30. The highest BCUT2D eigenvalue weighted by atomic mass is 15.1. The molecule has 1 aromatic carbocycles. The quantitative estimate of drug-likeness (QED) is 0.806. The van der Waals surface area contributed by atoms with Gasteiger partial charge in [-0.15, -0.1) is 0 Å². The zero-order valence-corrected chi connectivity index (χ0v) is 11.6. The van der Waals surface area contributed by atoms with Crippen LogP contribution in [0.5, 0.6) is 0 Å². The van der Waals surface area contributed by atoms with E-state index in [1.807, 2.05) is 0 Å². The summed E-state index contributed by atoms with van der Waals surface area (Å²) < 4.78 is 0. The number of fused-ring (bicyclic) bond motifs is 1. The van der Waals surface area contributed by atoms with E-state index >= 15 is 0 Å².